The Labute approximate surface area is 233 Å². The zero-order valence-corrected chi connectivity index (χ0v) is 22.3. The lowest BCUT2D eigenvalue weighted by molar-refractivity contribution is -0.0941. The van der Waals surface area contributed by atoms with E-state index in [4.69, 9.17) is 36.1 Å². The minimum absolute atomic E-state index is 0.125. The van der Waals surface area contributed by atoms with E-state index in [1.165, 1.54) is 50.8 Å². The maximum Gasteiger partial charge on any atom is 0.325 e. The van der Waals surface area contributed by atoms with Crippen LogP contribution in [0.1, 0.15) is 12.5 Å². The topological polar surface area (TPSA) is 247 Å². The van der Waals surface area contributed by atoms with Crippen LogP contribution in [0.3, 0.4) is 0 Å². The number of aromatic nitrogens is 7. The number of nitrogen functional groups attached to an aromatic ring is 1. The van der Waals surface area contributed by atoms with Crippen LogP contribution in [0, 0.1) is 0 Å². The molecular formula is C21H23N8O10PS. The van der Waals surface area contributed by atoms with Crippen molar-refractivity contribution >= 4 is 41.3 Å². The SMILES string of the molecule is Nc1ncnc2c1ncn2[C@@H]1O[C@@H]2C(OP(O)(=S)O[C@@H]3[C@H](O)[C@@H](CO)O[C@H]3n3ccc(=O)n4ccnc34)[C@]2(O)[C@H]1O. The first kappa shape index (κ1) is 26.9. The Morgan fingerprint density at radius 3 is 2.66 bits per heavy atom. The molecule has 0 amide bonds. The number of hydrogen-bond donors (Lipinski definition) is 6. The molecule has 1 aliphatic carbocycles. The van der Waals surface area contributed by atoms with Crippen molar-refractivity contribution in [3.8, 4) is 0 Å². The Bertz CT molecular complexity index is 1770. The summed E-state index contributed by atoms with van der Waals surface area (Å²) >= 11 is 5.20. The molecule has 0 radical (unpaired) electrons. The monoisotopic (exact) mass is 610 g/mol. The highest BCUT2D eigenvalue weighted by Gasteiger charge is 2.79. The predicted molar refractivity (Wildman–Crippen MR) is 137 cm³/mol. The standard InChI is InChI=1S/C21H23N8O10PS/c22-16-10-17(25-6-24-16)29(7-26-10)19-13(33)21(34)14(37-19)15(21)39-40(35,41)38-12-11(32)8(5-30)36-18(12)28-3-1-9(31)27-4-2-23-20(27)28/h1-4,6-8,11-15,18-19,30,32-34H,5H2,(H,35,41)(H2,22,24,25)/t8-,11-,12-,13+,14-,15?,18-,19-,21+,40?/m1/s1. The van der Waals surface area contributed by atoms with Crippen LogP contribution in [0.2, 0.25) is 0 Å². The van der Waals surface area contributed by atoms with Crippen molar-refractivity contribution in [1.29, 1.82) is 0 Å². The zero-order chi connectivity index (χ0) is 28.8. The van der Waals surface area contributed by atoms with E-state index in [1.807, 2.05) is 0 Å². The van der Waals surface area contributed by atoms with Gasteiger partial charge in [-0.25, -0.2) is 19.9 Å². The molecule has 2 aliphatic heterocycles. The highest BCUT2D eigenvalue weighted by atomic mass is 32.5. The number of fused-ring (bicyclic) bond motifs is 3. The fourth-order valence-electron chi connectivity index (χ4n) is 5.39. The molecule has 7 N–H and O–H groups in total. The van der Waals surface area contributed by atoms with Gasteiger partial charge in [-0.05, 0) is 11.8 Å². The highest BCUT2D eigenvalue weighted by Crippen LogP contribution is 2.62. The average molecular weight is 611 g/mol. The third-order valence-corrected chi connectivity index (χ3v) is 9.02. The number of imidazole rings is 2. The fraction of sp³-hybridized carbons (Fsp3) is 0.476. The van der Waals surface area contributed by atoms with Crippen molar-refractivity contribution in [3.63, 3.8) is 0 Å². The van der Waals surface area contributed by atoms with Gasteiger partial charge in [-0.2, -0.15) is 0 Å². The summed E-state index contributed by atoms with van der Waals surface area (Å²) in [6.45, 7) is -4.86. The second-order valence-corrected chi connectivity index (χ2v) is 12.6. The Balaban J connectivity index is 1.11. The zero-order valence-electron chi connectivity index (χ0n) is 20.6. The van der Waals surface area contributed by atoms with E-state index in [0.717, 1.165) is 0 Å². The predicted octanol–water partition coefficient (Wildman–Crippen LogP) is -2.84. The summed E-state index contributed by atoms with van der Waals surface area (Å²) in [5, 5.41) is 42.7. The summed E-state index contributed by atoms with van der Waals surface area (Å²) < 4.78 is 26.8. The number of nitrogens with zero attached hydrogens (tertiary/aromatic N) is 7. The smallest absolute Gasteiger partial charge is 0.325 e. The van der Waals surface area contributed by atoms with E-state index in [0.29, 0.717) is 0 Å². The molecule has 18 nitrogen and oxygen atoms in total. The van der Waals surface area contributed by atoms with Crippen molar-refractivity contribution in [1.82, 2.24) is 33.5 Å². The van der Waals surface area contributed by atoms with E-state index in [2.05, 4.69) is 19.9 Å². The molecule has 2 saturated heterocycles. The summed E-state index contributed by atoms with van der Waals surface area (Å²) in [7, 11) is 0. The molecule has 0 bridgehead atoms. The summed E-state index contributed by atoms with van der Waals surface area (Å²) in [6.07, 6.45) is -3.51. The van der Waals surface area contributed by atoms with Crippen LogP contribution in [0.4, 0.5) is 5.82 Å². The summed E-state index contributed by atoms with van der Waals surface area (Å²) in [5.41, 5.74) is 4.04. The van der Waals surface area contributed by atoms with Crippen molar-refractivity contribution in [2.45, 2.75) is 54.7 Å². The van der Waals surface area contributed by atoms with E-state index >= 15 is 0 Å². The normalized spacial score (nSPS) is 36.1. The number of aliphatic hydroxyl groups is 4. The van der Waals surface area contributed by atoms with Gasteiger partial charge in [-0.15, -0.1) is 0 Å². The maximum atomic E-state index is 12.2. The van der Waals surface area contributed by atoms with E-state index in [9.17, 15) is 30.1 Å². The molecule has 3 aliphatic rings. The Morgan fingerprint density at radius 2 is 1.93 bits per heavy atom. The van der Waals surface area contributed by atoms with Gasteiger partial charge in [0.2, 0.25) is 5.78 Å². The first-order chi connectivity index (χ1) is 19.5. The Hall–Kier alpha value is -2.94. The van der Waals surface area contributed by atoms with Crippen LogP contribution < -0.4 is 11.3 Å². The molecule has 218 valence electrons. The number of aliphatic hydroxyl groups excluding tert-OH is 3. The van der Waals surface area contributed by atoms with Crippen molar-refractivity contribution in [2.24, 2.45) is 0 Å². The first-order valence-electron chi connectivity index (χ1n) is 12.2. The van der Waals surface area contributed by atoms with Gasteiger partial charge >= 0.3 is 6.72 Å². The van der Waals surface area contributed by atoms with Crippen molar-refractivity contribution < 1.29 is 43.8 Å². The molecule has 7 rings (SSSR count). The molecule has 6 heterocycles. The lowest BCUT2D eigenvalue weighted by Crippen LogP contribution is -2.38. The molecule has 10 atom stereocenters. The lowest BCUT2D eigenvalue weighted by atomic mass is 10.1. The van der Waals surface area contributed by atoms with Crippen LogP contribution >= 0.6 is 6.72 Å². The quantitative estimate of drug-likeness (QED) is 0.115. The van der Waals surface area contributed by atoms with Gasteiger partial charge in [0, 0.05) is 24.7 Å². The number of nitrogens with two attached hydrogens (primary N) is 1. The molecule has 0 spiro atoms. The second kappa shape index (κ2) is 9.28. The molecule has 4 aromatic heterocycles. The van der Waals surface area contributed by atoms with Crippen LogP contribution in [0.5, 0.6) is 0 Å². The first-order valence-corrected chi connectivity index (χ1v) is 14.8. The number of anilines is 1. The third kappa shape index (κ3) is 3.97. The number of rotatable bonds is 7. The van der Waals surface area contributed by atoms with Gasteiger partial charge < -0.3 is 40.5 Å². The molecule has 1 saturated carbocycles. The molecule has 0 aromatic carbocycles. The van der Waals surface area contributed by atoms with Crippen LogP contribution in [-0.2, 0) is 30.3 Å². The Kier molecular flexibility index (Phi) is 6.10. The lowest BCUT2D eigenvalue weighted by Gasteiger charge is -2.28. The average Bonchev–Trinajstić information content (AvgIpc) is 3.51. The van der Waals surface area contributed by atoms with E-state index < -0.39 is 68.0 Å². The van der Waals surface area contributed by atoms with E-state index in [-0.39, 0.29) is 28.3 Å². The Morgan fingerprint density at radius 1 is 1.12 bits per heavy atom. The minimum Gasteiger partial charge on any atom is -0.394 e. The van der Waals surface area contributed by atoms with Gasteiger partial charge in [-0.3, -0.25) is 27.4 Å². The largest absolute Gasteiger partial charge is 0.394 e. The molecular weight excluding hydrogens is 587 g/mol. The third-order valence-electron chi connectivity index (χ3n) is 7.50. The van der Waals surface area contributed by atoms with Crippen molar-refractivity contribution in [2.75, 3.05) is 12.3 Å². The number of hydrogen-bond acceptors (Lipinski definition) is 15. The van der Waals surface area contributed by atoms with E-state index in [1.54, 1.807) is 0 Å². The van der Waals surface area contributed by atoms with Gasteiger partial charge in [0.1, 0.15) is 48.5 Å². The minimum atomic E-state index is -4.27. The summed E-state index contributed by atoms with van der Waals surface area (Å²) in [6, 6.07) is 1.24. The summed E-state index contributed by atoms with van der Waals surface area (Å²) in [4.78, 5) is 39.4. The fourth-order valence-corrected chi connectivity index (χ4v) is 7.12. The molecule has 41 heavy (non-hydrogen) atoms. The van der Waals surface area contributed by atoms with Gasteiger partial charge in [0.15, 0.2) is 29.5 Å². The molecule has 20 heteroatoms. The van der Waals surface area contributed by atoms with Crippen LogP contribution in [0.15, 0.2) is 42.1 Å². The number of ether oxygens (including phenoxy) is 2. The van der Waals surface area contributed by atoms with Crippen LogP contribution in [-0.4, -0.2) is 108 Å². The van der Waals surface area contributed by atoms with Gasteiger partial charge in [0.05, 0.1) is 12.9 Å². The van der Waals surface area contributed by atoms with Gasteiger partial charge in [-0.1, -0.05) is 0 Å². The molecule has 3 fully saturated rings. The van der Waals surface area contributed by atoms with Crippen molar-refractivity contribution in [3.05, 3.63) is 47.7 Å². The highest BCUT2D eigenvalue weighted by molar-refractivity contribution is 8.07. The van der Waals surface area contributed by atoms with Gasteiger partial charge in [0.25, 0.3) is 5.56 Å². The summed E-state index contributed by atoms with van der Waals surface area (Å²) in [5.74, 6) is 0.265. The second-order valence-electron chi connectivity index (χ2n) is 9.82. The van der Waals surface area contributed by atoms with Crippen LogP contribution in [0.25, 0.3) is 16.9 Å². The molecule has 2 unspecified atom stereocenters. The maximum absolute atomic E-state index is 12.2. The molecule has 4 aromatic rings.